The predicted octanol–water partition coefficient (Wildman–Crippen LogP) is 1.53. The smallest absolute Gasteiger partial charge is 0.303 e. The van der Waals surface area contributed by atoms with Crippen LogP contribution in [0.15, 0.2) is 30.5 Å². The molecule has 0 spiro atoms. The highest BCUT2D eigenvalue weighted by Gasteiger charge is 2.16. The maximum Gasteiger partial charge on any atom is 0.303 e. The largest absolute Gasteiger partial charge is 0.481 e. The van der Waals surface area contributed by atoms with E-state index in [1.165, 1.54) is 0 Å². The van der Waals surface area contributed by atoms with Gasteiger partial charge in [0.2, 0.25) is 5.95 Å². The molecule has 2 heterocycles. The van der Waals surface area contributed by atoms with Gasteiger partial charge < -0.3 is 21.9 Å². The minimum Gasteiger partial charge on any atom is -0.481 e. The Morgan fingerprint density at radius 1 is 1.16 bits per heavy atom. The van der Waals surface area contributed by atoms with Crippen LogP contribution in [0.1, 0.15) is 46.8 Å². The second kappa shape index (κ2) is 10.2. The molecule has 10 nitrogen and oxygen atoms in total. The van der Waals surface area contributed by atoms with Crippen molar-refractivity contribution in [3.63, 3.8) is 0 Å². The minimum atomic E-state index is -0.890. The van der Waals surface area contributed by atoms with Gasteiger partial charge in [-0.15, -0.1) is 12.3 Å². The number of nitrogens with zero attached hydrogens (tertiary/aromatic N) is 4. The highest BCUT2D eigenvalue weighted by Crippen LogP contribution is 2.25. The topological polar surface area (TPSA) is 170 Å². The maximum atomic E-state index is 12.2. The fourth-order valence-corrected chi connectivity index (χ4v) is 3.23. The quantitative estimate of drug-likeness (QED) is 0.288. The third-order valence-corrected chi connectivity index (χ3v) is 4.82. The molecule has 0 aliphatic carbocycles. The zero-order valence-corrected chi connectivity index (χ0v) is 17.3. The van der Waals surface area contributed by atoms with Crippen molar-refractivity contribution in [2.45, 2.75) is 31.6 Å². The molecule has 32 heavy (non-hydrogen) atoms. The van der Waals surface area contributed by atoms with E-state index in [0.29, 0.717) is 48.2 Å². The van der Waals surface area contributed by atoms with Crippen LogP contribution in [0.3, 0.4) is 0 Å². The summed E-state index contributed by atoms with van der Waals surface area (Å²) in [6.07, 6.45) is 8.54. The van der Waals surface area contributed by atoms with Crippen LogP contribution in [-0.4, -0.2) is 43.5 Å². The van der Waals surface area contributed by atoms with Crippen molar-refractivity contribution in [3.8, 4) is 12.3 Å². The number of rotatable bonds is 9. The molecule has 0 saturated carbocycles. The molecule has 0 bridgehead atoms. The number of fused-ring (bicyclic) bond motifs is 1. The number of anilines is 2. The van der Waals surface area contributed by atoms with Gasteiger partial charge in [0.05, 0.1) is 11.9 Å². The lowest BCUT2D eigenvalue weighted by molar-refractivity contribution is -0.137. The van der Waals surface area contributed by atoms with E-state index in [9.17, 15) is 9.59 Å². The molecule has 0 unspecified atom stereocenters. The van der Waals surface area contributed by atoms with Crippen molar-refractivity contribution in [1.29, 1.82) is 0 Å². The number of carbonyl (C=O) groups is 2. The molecule has 0 saturated heterocycles. The number of nitrogen functional groups attached to an aromatic ring is 2. The standard InChI is InChI=1S/C22H23N7O3/c1-2-4-15(11-16-12-26-20-18(27-16)19(23)28-22(24)29-20)13-6-8-14(9-7-13)21(32)25-10-3-5-17(30)31/h1,6-9,12,15H,3-5,10-11H2,(H,25,32)(H,30,31)(H4,23,24,26,28,29)/t15-/m0/s1. The van der Waals surface area contributed by atoms with Crippen LogP contribution in [0.5, 0.6) is 0 Å². The average molecular weight is 433 g/mol. The van der Waals surface area contributed by atoms with Gasteiger partial charge in [-0.3, -0.25) is 9.59 Å². The van der Waals surface area contributed by atoms with Gasteiger partial charge in [0.1, 0.15) is 0 Å². The fraction of sp³-hybridized carbons (Fsp3) is 0.273. The van der Waals surface area contributed by atoms with Crippen molar-refractivity contribution in [1.82, 2.24) is 25.3 Å². The van der Waals surface area contributed by atoms with Crippen LogP contribution in [0.2, 0.25) is 0 Å². The van der Waals surface area contributed by atoms with Crippen LogP contribution >= 0.6 is 0 Å². The summed E-state index contributed by atoms with van der Waals surface area (Å²) >= 11 is 0. The second-order valence-corrected chi connectivity index (χ2v) is 7.19. The van der Waals surface area contributed by atoms with Crippen LogP contribution in [0.25, 0.3) is 11.2 Å². The summed E-state index contributed by atoms with van der Waals surface area (Å²) in [5.41, 5.74) is 14.3. The van der Waals surface area contributed by atoms with Gasteiger partial charge in [0.15, 0.2) is 17.0 Å². The lowest BCUT2D eigenvalue weighted by Gasteiger charge is -2.15. The molecule has 2 aromatic heterocycles. The molecular formula is C22H23N7O3. The van der Waals surface area contributed by atoms with Gasteiger partial charge in [0.25, 0.3) is 5.91 Å². The third kappa shape index (κ3) is 5.66. The van der Waals surface area contributed by atoms with E-state index in [1.54, 1.807) is 18.3 Å². The van der Waals surface area contributed by atoms with Crippen LogP contribution < -0.4 is 16.8 Å². The van der Waals surface area contributed by atoms with Crippen molar-refractivity contribution in [3.05, 3.63) is 47.3 Å². The van der Waals surface area contributed by atoms with Gasteiger partial charge in [-0.2, -0.15) is 9.97 Å². The molecule has 0 aliphatic heterocycles. The van der Waals surface area contributed by atoms with E-state index in [0.717, 1.165) is 5.56 Å². The number of aromatic nitrogens is 4. The summed E-state index contributed by atoms with van der Waals surface area (Å²) in [5.74, 6) is 1.68. The molecule has 3 aromatic rings. The van der Waals surface area contributed by atoms with E-state index in [1.807, 2.05) is 12.1 Å². The number of aliphatic carboxylic acids is 1. The molecule has 0 radical (unpaired) electrons. The number of terminal acetylenes is 1. The first-order valence-electron chi connectivity index (χ1n) is 9.95. The third-order valence-electron chi connectivity index (χ3n) is 4.82. The van der Waals surface area contributed by atoms with Crippen molar-refractivity contribution in [2.24, 2.45) is 0 Å². The van der Waals surface area contributed by atoms with E-state index in [-0.39, 0.29) is 30.0 Å². The zero-order chi connectivity index (χ0) is 23.1. The van der Waals surface area contributed by atoms with Gasteiger partial charge in [0, 0.05) is 30.9 Å². The van der Waals surface area contributed by atoms with Gasteiger partial charge in [-0.25, -0.2) is 9.97 Å². The van der Waals surface area contributed by atoms with Crippen LogP contribution in [0, 0.1) is 12.3 Å². The molecule has 1 atom stereocenters. The zero-order valence-electron chi connectivity index (χ0n) is 17.3. The van der Waals surface area contributed by atoms with Gasteiger partial charge >= 0.3 is 5.97 Å². The maximum absolute atomic E-state index is 12.2. The van der Waals surface area contributed by atoms with E-state index in [4.69, 9.17) is 23.0 Å². The van der Waals surface area contributed by atoms with Gasteiger partial charge in [-0.05, 0) is 30.5 Å². The Balaban J connectivity index is 1.72. The number of nitrogens with two attached hydrogens (primary N) is 2. The Bertz CT molecular complexity index is 1170. The molecular weight excluding hydrogens is 410 g/mol. The number of carbonyl (C=O) groups excluding carboxylic acids is 1. The predicted molar refractivity (Wildman–Crippen MR) is 119 cm³/mol. The number of carboxylic acids is 1. The van der Waals surface area contributed by atoms with Crippen molar-refractivity contribution >= 4 is 34.8 Å². The molecule has 0 aliphatic rings. The highest BCUT2D eigenvalue weighted by atomic mass is 16.4. The monoisotopic (exact) mass is 433 g/mol. The SMILES string of the molecule is C#CC[C@@H](Cc1cnc2nc(N)nc(N)c2n1)c1ccc(C(=O)NCCCC(=O)O)cc1. The molecule has 10 heteroatoms. The number of hydrogen-bond donors (Lipinski definition) is 4. The van der Waals surface area contributed by atoms with Crippen molar-refractivity contribution in [2.75, 3.05) is 18.0 Å². The molecule has 3 rings (SSSR count). The lowest BCUT2D eigenvalue weighted by atomic mass is 9.91. The first kappa shape index (κ1) is 22.4. The summed E-state index contributed by atoms with van der Waals surface area (Å²) in [4.78, 5) is 39.5. The number of carboxylic acid groups (broad SMARTS) is 1. The minimum absolute atomic E-state index is 0.00973. The number of nitrogens with one attached hydrogen (secondary N) is 1. The van der Waals surface area contributed by atoms with E-state index in [2.05, 4.69) is 31.2 Å². The summed E-state index contributed by atoms with van der Waals surface area (Å²) in [7, 11) is 0. The summed E-state index contributed by atoms with van der Waals surface area (Å²) in [6, 6.07) is 7.12. The molecule has 0 fully saturated rings. The first-order valence-corrected chi connectivity index (χ1v) is 9.95. The highest BCUT2D eigenvalue weighted by molar-refractivity contribution is 5.94. The average Bonchev–Trinajstić information content (AvgIpc) is 2.76. The summed E-state index contributed by atoms with van der Waals surface area (Å²) in [5, 5.41) is 11.4. The molecule has 1 aromatic carbocycles. The van der Waals surface area contributed by atoms with Crippen LogP contribution in [-0.2, 0) is 11.2 Å². The number of benzene rings is 1. The molecule has 1 amide bonds. The Labute approximate surface area is 184 Å². The fourth-order valence-electron chi connectivity index (χ4n) is 3.23. The number of amides is 1. The normalized spacial score (nSPS) is 11.6. The second-order valence-electron chi connectivity index (χ2n) is 7.19. The molecule has 164 valence electrons. The Kier molecular flexibility index (Phi) is 7.13. The summed E-state index contributed by atoms with van der Waals surface area (Å²) in [6.45, 7) is 0.297. The number of hydrogen-bond acceptors (Lipinski definition) is 8. The van der Waals surface area contributed by atoms with Crippen molar-refractivity contribution < 1.29 is 14.7 Å². The van der Waals surface area contributed by atoms with Crippen LogP contribution in [0.4, 0.5) is 11.8 Å². The lowest BCUT2D eigenvalue weighted by Crippen LogP contribution is -2.24. The Hall–Kier alpha value is -4.26. The van der Waals surface area contributed by atoms with E-state index < -0.39 is 5.97 Å². The van der Waals surface area contributed by atoms with Gasteiger partial charge in [-0.1, -0.05) is 12.1 Å². The first-order chi connectivity index (χ1) is 15.4. The Morgan fingerprint density at radius 3 is 2.59 bits per heavy atom. The van der Waals surface area contributed by atoms with E-state index >= 15 is 0 Å². The molecule has 6 N–H and O–H groups in total. The Morgan fingerprint density at radius 2 is 1.91 bits per heavy atom. The summed E-state index contributed by atoms with van der Waals surface area (Å²) < 4.78 is 0.